The fraction of sp³-hybridized carbons (Fsp3) is 0.176. The molecule has 0 saturated heterocycles. The standard InChI is InChI=1S/C34H32ClN3O5.ClH/c35-26-11-12-29(38-33(39)27-17-22-7-1-3-9-24(22)19-30(27)41-15-5-13-36)32(21-26)43-34(40)28-18-23-8-2-4-10-25(23)20-31(28)42-16-6-14-37;/h1-4,7-12,17-21H,5-6,13-16,36-37H2,(H,38,39);1H. The quantitative estimate of drug-likeness (QED) is 0.0767. The third-order valence-corrected chi connectivity index (χ3v) is 7.00. The summed E-state index contributed by atoms with van der Waals surface area (Å²) in [5.41, 5.74) is 12.1. The minimum Gasteiger partial charge on any atom is -0.493 e. The highest BCUT2D eigenvalue weighted by Crippen LogP contribution is 2.33. The van der Waals surface area contributed by atoms with E-state index in [0.29, 0.717) is 61.2 Å². The van der Waals surface area contributed by atoms with Crippen LogP contribution in [0.2, 0.25) is 5.02 Å². The largest absolute Gasteiger partial charge is 0.493 e. The van der Waals surface area contributed by atoms with Gasteiger partial charge in [0, 0.05) is 11.1 Å². The predicted octanol–water partition coefficient (Wildman–Crippen LogP) is 6.99. The van der Waals surface area contributed by atoms with Crippen LogP contribution in [0.5, 0.6) is 17.2 Å². The first-order chi connectivity index (χ1) is 21.0. The van der Waals surface area contributed by atoms with Crippen molar-refractivity contribution in [1.82, 2.24) is 0 Å². The van der Waals surface area contributed by atoms with Gasteiger partial charge in [-0.25, -0.2) is 4.79 Å². The molecule has 0 heterocycles. The minimum atomic E-state index is -0.664. The molecule has 0 fully saturated rings. The van der Waals surface area contributed by atoms with Gasteiger partial charge in [-0.1, -0.05) is 60.1 Å². The number of hydrogen-bond acceptors (Lipinski definition) is 7. The number of ether oxygens (including phenoxy) is 3. The molecule has 44 heavy (non-hydrogen) atoms. The smallest absolute Gasteiger partial charge is 0.347 e. The summed E-state index contributed by atoms with van der Waals surface area (Å²) < 4.78 is 17.7. The van der Waals surface area contributed by atoms with Gasteiger partial charge >= 0.3 is 5.97 Å². The van der Waals surface area contributed by atoms with Crippen molar-refractivity contribution in [2.45, 2.75) is 12.8 Å². The summed E-state index contributed by atoms with van der Waals surface area (Å²) in [6.45, 7) is 1.62. The molecule has 0 unspecified atom stereocenters. The highest BCUT2D eigenvalue weighted by Gasteiger charge is 2.21. The normalized spacial score (nSPS) is 10.7. The molecule has 0 bridgehead atoms. The minimum absolute atomic E-state index is 0. The van der Waals surface area contributed by atoms with E-state index in [1.54, 1.807) is 30.3 Å². The number of amides is 1. The molecule has 5 aromatic rings. The van der Waals surface area contributed by atoms with E-state index in [1.807, 2.05) is 54.6 Å². The zero-order valence-corrected chi connectivity index (χ0v) is 25.5. The van der Waals surface area contributed by atoms with E-state index >= 15 is 0 Å². The van der Waals surface area contributed by atoms with Gasteiger partial charge < -0.3 is 31.0 Å². The third-order valence-electron chi connectivity index (χ3n) is 6.77. The monoisotopic (exact) mass is 633 g/mol. The number of carbonyl (C=O) groups excluding carboxylic acids is 2. The maximum atomic E-state index is 13.6. The molecule has 0 radical (unpaired) electrons. The molecule has 0 aliphatic rings. The molecule has 0 aromatic heterocycles. The van der Waals surface area contributed by atoms with Crippen molar-refractivity contribution in [3.05, 3.63) is 107 Å². The maximum absolute atomic E-state index is 13.6. The van der Waals surface area contributed by atoms with Crippen LogP contribution in [0.4, 0.5) is 5.69 Å². The van der Waals surface area contributed by atoms with Gasteiger partial charge in [0.15, 0.2) is 5.75 Å². The van der Waals surface area contributed by atoms with Crippen LogP contribution in [-0.4, -0.2) is 38.2 Å². The van der Waals surface area contributed by atoms with Crippen LogP contribution in [0.3, 0.4) is 0 Å². The fourth-order valence-corrected chi connectivity index (χ4v) is 4.74. The Morgan fingerprint density at radius 3 is 1.70 bits per heavy atom. The molecule has 5 aromatic carbocycles. The van der Waals surface area contributed by atoms with Crippen molar-refractivity contribution in [2.75, 3.05) is 31.6 Å². The van der Waals surface area contributed by atoms with E-state index in [-0.39, 0.29) is 29.4 Å². The Bertz CT molecular complexity index is 1780. The Labute approximate surface area is 266 Å². The second-order valence-electron chi connectivity index (χ2n) is 9.86. The van der Waals surface area contributed by atoms with E-state index in [2.05, 4.69) is 5.32 Å². The van der Waals surface area contributed by atoms with Crippen LogP contribution in [0.15, 0.2) is 91.0 Å². The molecule has 0 saturated carbocycles. The Balaban J connectivity index is 0.00000442. The number of hydrogen-bond donors (Lipinski definition) is 3. The van der Waals surface area contributed by atoms with E-state index in [9.17, 15) is 9.59 Å². The van der Waals surface area contributed by atoms with Crippen LogP contribution in [-0.2, 0) is 0 Å². The molecule has 8 nitrogen and oxygen atoms in total. The van der Waals surface area contributed by atoms with Gasteiger partial charge in [-0.3, -0.25) is 4.79 Å². The Morgan fingerprint density at radius 1 is 0.659 bits per heavy atom. The second-order valence-corrected chi connectivity index (χ2v) is 10.3. The first-order valence-corrected chi connectivity index (χ1v) is 14.4. The predicted molar refractivity (Wildman–Crippen MR) is 178 cm³/mol. The van der Waals surface area contributed by atoms with Crippen LogP contribution in [0, 0.1) is 0 Å². The summed E-state index contributed by atoms with van der Waals surface area (Å²) in [6.07, 6.45) is 1.26. The summed E-state index contributed by atoms with van der Waals surface area (Å²) >= 11 is 6.28. The van der Waals surface area contributed by atoms with Crippen molar-refractivity contribution >= 4 is 63.1 Å². The van der Waals surface area contributed by atoms with Gasteiger partial charge in [0.2, 0.25) is 0 Å². The lowest BCUT2D eigenvalue weighted by Crippen LogP contribution is -2.17. The number of benzene rings is 5. The lowest BCUT2D eigenvalue weighted by Gasteiger charge is -2.16. The number of rotatable bonds is 12. The summed E-state index contributed by atoms with van der Waals surface area (Å²) in [7, 11) is 0. The third kappa shape index (κ3) is 7.78. The first-order valence-electron chi connectivity index (χ1n) is 14.0. The van der Waals surface area contributed by atoms with Crippen molar-refractivity contribution in [1.29, 1.82) is 0 Å². The second kappa shape index (κ2) is 15.4. The van der Waals surface area contributed by atoms with Crippen molar-refractivity contribution in [3.63, 3.8) is 0 Å². The molecule has 5 rings (SSSR count). The lowest BCUT2D eigenvalue weighted by atomic mass is 10.0. The number of anilines is 1. The van der Waals surface area contributed by atoms with Crippen molar-refractivity contribution in [2.24, 2.45) is 11.5 Å². The molecular weight excluding hydrogens is 601 g/mol. The van der Waals surface area contributed by atoms with Gasteiger partial charge in [-0.05, 0) is 83.9 Å². The number of esters is 1. The van der Waals surface area contributed by atoms with Crippen LogP contribution >= 0.6 is 24.0 Å². The van der Waals surface area contributed by atoms with E-state index < -0.39 is 11.9 Å². The van der Waals surface area contributed by atoms with Gasteiger partial charge in [0.05, 0.1) is 24.5 Å². The molecule has 5 N–H and O–H groups in total. The molecule has 228 valence electrons. The average molecular weight is 635 g/mol. The van der Waals surface area contributed by atoms with Crippen molar-refractivity contribution in [3.8, 4) is 17.2 Å². The van der Waals surface area contributed by atoms with E-state index in [1.165, 1.54) is 6.07 Å². The number of nitrogens with two attached hydrogens (primary N) is 2. The number of nitrogens with one attached hydrogen (secondary N) is 1. The lowest BCUT2D eigenvalue weighted by molar-refractivity contribution is 0.0730. The number of halogens is 2. The van der Waals surface area contributed by atoms with Crippen molar-refractivity contribution < 1.29 is 23.8 Å². The highest BCUT2D eigenvalue weighted by atomic mass is 35.5. The zero-order chi connectivity index (χ0) is 30.2. The van der Waals surface area contributed by atoms with Gasteiger partial charge in [0.1, 0.15) is 17.1 Å². The van der Waals surface area contributed by atoms with E-state index in [4.69, 9.17) is 37.3 Å². The molecule has 1 amide bonds. The summed E-state index contributed by atoms with van der Waals surface area (Å²) in [5, 5.41) is 6.77. The number of carbonyl (C=O) groups is 2. The van der Waals surface area contributed by atoms with Gasteiger partial charge in [-0.15, -0.1) is 12.4 Å². The Morgan fingerprint density at radius 2 is 1.16 bits per heavy atom. The first kappa shape index (κ1) is 32.6. The molecule has 0 aliphatic carbocycles. The van der Waals surface area contributed by atoms with Crippen LogP contribution in [0.25, 0.3) is 21.5 Å². The Kier molecular flexibility index (Phi) is 11.4. The maximum Gasteiger partial charge on any atom is 0.347 e. The summed E-state index contributed by atoms with van der Waals surface area (Å²) in [6, 6.07) is 27.1. The molecule has 0 spiro atoms. The average Bonchev–Trinajstić information content (AvgIpc) is 3.01. The zero-order valence-electron chi connectivity index (χ0n) is 23.9. The molecular formula is C34H33Cl2N3O5. The molecule has 0 atom stereocenters. The fourth-order valence-electron chi connectivity index (χ4n) is 4.57. The van der Waals surface area contributed by atoms with Crippen LogP contribution < -0.4 is 31.0 Å². The SMILES string of the molecule is Cl.NCCCOc1cc2ccccc2cc1C(=O)Nc1ccc(Cl)cc1OC(=O)c1cc2ccccc2cc1OCCCN. The molecule has 0 aliphatic heterocycles. The molecule has 10 heteroatoms. The topological polar surface area (TPSA) is 126 Å². The number of fused-ring (bicyclic) bond motifs is 2. The summed E-state index contributed by atoms with van der Waals surface area (Å²) in [5.74, 6) is -0.224. The highest BCUT2D eigenvalue weighted by molar-refractivity contribution is 6.31. The van der Waals surface area contributed by atoms with E-state index in [0.717, 1.165) is 21.5 Å². The van der Waals surface area contributed by atoms with Gasteiger partial charge in [0.25, 0.3) is 5.91 Å². The van der Waals surface area contributed by atoms with Gasteiger partial charge in [-0.2, -0.15) is 0 Å². The Hall–Kier alpha value is -4.34. The van der Waals surface area contributed by atoms with Crippen LogP contribution in [0.1, 0.15) is 33.6 Å². The summed E-state index contributed by atoms with van der Waals surface area (Å²) in [4.78, 5) is 27.2.